The van der Waals surface area contributed by atoms with Gasteiger partial charge in [0.25, 0.3) is 0 Å². The second-order valence-electron chi connectivity index (χ2n) is 5.20. The SMILES string of the molecule is COc1ccc(/C(N)=N/O)cc1CNCC1CCSCC1. The molecule has 0 bridgehead atoms. The molecule has 1 heterocycles. The van der Waals surface area contributed by atoms with E-state index in [1.807, 2.05) is 23.9 Å². The van der Waals surface area contributed by atoms with E-state index in [0.717, 1.165) is 30.3 Å². The highest BCUT2D eigenvalue weighted by Gasteiger charge is 2.13. The number of rotatable bonds is 6. The Morgan fingerprint density at radius 1 is 1.48 bits per heavy atom. The molecule has 6 heteroatoms. The van der Waals surface area contributed by atoms with Gasteiger partial charge in [0.15, 0.2) is 5.84 Å². The zero-order chi connectivity index (χ0) is 15.1. The first-order valence-electron chi connectivity index (χ1n) is 7.18. The molecule has 1 saturated heterocycles. The van der Waals surface area contributed by atoms with E-state index in [2.05, 4.69) is 10.5 Å². The van der Waals surface area contributed by atoms with Crippen LogP contribution in [-0.2, 0) is 6.54 Å². The molecule has 21 heavy (non-hydrogen) atoms. The van der Waals surface area contributed by atoms with Gasteiger partial charge >= 0.3 is 0 Å². The molecular weight excluding hydrogens is 286 g/mol. The van der Waals surface area contributed by atoms with Gasteiger partial charge < -0.3 is 21.0 Å². The highest BCUT2D eigenvalue weighted by atomic mass is 32.2. The average molecular weight is 309 g/mol. The second kappa shape index (κ2) is 8.14. The molecule has 1 aromatic rings. The number of methoxy groups -OCH3 is 1. The van der Waals surface area contributed by atoms with E-state index in [4.69, 9.17) is 15.7 Å². The first-order valence-corrected chi connectivity index (χ1v) is 8.33. The normalized spacial score (nSPS) is 16.9. The molecular formula is C15H23N3O2S. The van der Waals surface area contributed by atoms with E-state index in [-0.39, 0.29) is 5.84 Å². The fourth-order valence-corrected chi connectivity index (χ4v) is 3.70. The van der Waals surface area contributed by atoms with Crippen molar-refractivity contribution in [3.63, 3.8) is 0 Å². The quantitative estimate of drug-likeness (QED) is 0.324. The summed E-state index contributed by atoms with van der Waals surface area (Å²) in [5.41, 5.74) is 7.36. The third-order valence-electron chi connectivity index (χ3n) is 3.77. The Labute approximate surface area is 129 Å². The van der Waals surface area contributed by atoms with Crippen LogP contribution in [0, 0.1) is 5.92 Å². The van der Waals surface area contributed by atoms with E-state index in [1.54, 1.807) is 13.2 Å². The molecule has 1 fully saturated rings. The van der Waals surface area contributed by atoms with E-state index in [9.17, 15) is 0 Å². The number of benzene rings is 1. The van der Waals surface area contributed by atoms with Gasteiger partial charge in [-0.2, -0.15) is 11.8 Å². The molecule has 0 aliphatic carbocycles. The third-order valence-corrected chi connectivity index (χ3v) is 4.82. The van der Waals surface area contributed by atoms with E-state index >= 15 is 0 Å². The Kier molecular flexibility index (Phi) is 6.20. The largest absolute Gasteiger partial charge is 0.496 e. The summed E-state index contributed by atoms with van der Waals surface area (Å²) in [7, 11) is 1.65. The summed E-state index contributed by atoms with van der Waals surface area (Å²) in [4.78, 5) is 0. The van der Waals surface area contributed by atoms with Crippen molar-refractivity contribution in [1.29, 1.82) is 0 Å². The lowest BCUT2D eigenvalue weighted by Gasteiger charge is -2.22. The first-order chi connectivity index (χ1) is 10.2. The average Bonchev–Trinajstić information content (AvgIpc) is 2.55. The summed E-state index contributed by atoms with van der Waals surface area (Å²) in [5, 5.41) is 15.3. The summed E-state index contributed by atoms with van der Waals surface area (Å²) < 4.78 is 5.37. The van der Waals surface area contributed by atoms with Crippen LogP contribution in [0.3, 0.4) is 0 Å². The van der Waals surface area contributed by atoms with Crippen LogP contribution in [0.15, 0.2) is 23.4 Å². The number of nitrogens with zero attached hydrogens (tertiary/aromatic N) is 1. The standard InChI is InChI=1S/C15H23N3O2S/c1-20-14-3-2-12(15(16)18-19)8-13(14)10-17-9-11-4-6-21-7-5-11/h2-3,8,11,17,19H,4-7,9-10H2,1H3,(H2,16,18). The number of thioether (sulfide) groups is 1. The Morgan fingerprint density at radius 2 is 2.24 bits per heavy atom. The van der Waals surface area contributed by atoms with Gasteiger partial charge in [-0.25, -0.2) is 0 Å². The highest BCUT2D eigenvalue weighted by Crippen LogP contribution is 2.23. The van der Waals surface area contributed by atoms with Crippen molar-refractivity contribution in [2.75, 3.05) is 25.2 Å². The Morgan fingerprint density at radius 3 is 2.90 bits per heavy atom. The molecule has 1 aliphatic heterocycles. The first kappa shape index (κ1) is 16.0. The lowest BCUT2D eigenvalue weighted by Crippen LogP contribution is -2.25. The van der Waals surface area contributed by atoms with E-state index in [0.29, 0.717) is 5.56 Å². The molecule has 0 unspecified atom stereocenters. The van der Waals surface area contributed by atoms with Crippen LogP contribution >= 0.6 is 11.8 Å². The molecule has 5 nitrogen and oxygen atoms in total. The van der Waals surface area contributed by atoms with Crippen LogP contribution in [-0.4, -0.2) is 36.2 Å². The van der Waals surface area contributed by atoms with Crippen molar-refractivity contribution in [2.45, 2.75) is 19.4 Å². The highest BCUT2D eigenvalue weighted by molar-refractivity contribution is 7.99. The van der Waals surface area contributed by atoms with Crippen LogP contribution in [0.2, 0.25) is 0 Å². The van der Waals surface area contributed by atoms with Gasteiger partial charge in [-0.1, -0.05) is 5.16 Å². The Balaban J connectivity index is 1.96. The molecule has 0 spiro atoms. The van der Waals surface area contributed by atoms with Crippen LogP contribution in [0.5, 0.6) is 5.75 Å². The van der Waals surface area contributed by atoms with Crippen LogP contribution in [0.1, 0.15) is 24.0 Å². The predicted octanol–water partition coefficient (Wildman–Crippen LogP) is 2.02. The zero-order valence-electron chi connectivity index (χ0n) is 12.3. The van der Waals surface area contributed by atoms with Gasteiger partial charge in [0.05, 0.1) is 7.11 Å². The van der Waals surface area contributed by atoms with Crippen molar-refractivity contribution in [3.05, 3.63) is 29.3 Å². The molecule has 116 valence electrons. The van der Waals surface area contributed by atoms with E-state index < -0.39 is 0 Å². The van der Waals surface area contributed by atoms with Gasteiger partial charge in [-0.15, -0.1) is 0 Å². The fourth-order valence-electron chi connectivity index (χ4n) is 2.50. The molecule has 4 N–H and O–H groups in total. The maximum absolute atomic E-state index is 8.77. The maximum Gasteiger partial charge on any atom is 0.170 e. The molecule has 0 amide bonds. The van der Waals surface area contributed by atoms with Crippen molar-refractivity contribution < 1.29 is 9.94 Å². The zero-order valence-corrected chi connectivity index (χ0v) is 13.2. The Bertz CT molecular complexity index is 488. The molecule has 2 rings (SSSR count). The summed E-state index contributed by atoms with van der Waals surface area (Å²) in [5.74, 6) is 4.24. The second-order valence-corrected chi connectivity index (χ2v) is 6.42. The molecule has 0 atom stereocenters. The monoisotopic (exact) mass is 309 g/mol. The van der Waals surface area contributed by atoms with Crippen LogP contribution in [0.25, 0.3) is 0 Å². The summed E-state index contributed by atoms with van der Waals surface area (Å²) in [6.45, 7) is 1.75. The number of oxime groups is 1. The van der Waals surface area contributed by atoms with Gasteiger partial charge in [-0.05, 0) is 55.0 Å². The smallest absolute Gasteiger partial charge is 0.170 e. The summed E-state index contributed by atoms with van der Waals surface area (Å²) in [6.07, 6.45) is 2.58. The van der Waals surface area contributed by atoms with Crippen molar-refractivity contribution in [1.82, 2.24) is 5.32 Å². The van der Waals surface area contributed by atoms with Crippen molar-refractivity contribution in [3.8, 4) is 5.75 Å². The maximum atomic E-state index is 8.77. The van der Waals surface area contributed by atoms with Crippen LogP contribution in [0.4, 0.5) is 0 Å². The van der Waals surface area contributed by atoms with Crippen molar-refractivity contribution in [2.24, 2.45) is 16.8 Å². The third kappa shape index (κ3) is 4.54. The minimum Gasteiger partial charge on any atom is -0.496 e. The van der Waals surface area contributed by atoms with Gasteiger partial charge in [0, 0.05) is 17.7 Å². The minimum absolute atomic E-state index is 0.114. The summed E-state index contributed by atoms with van der Waals surface area (Å²) in [6, 6.07) is 5.54. The Hall–Kier alpha value is -1.40. The van der Waals surface area contributed by atoms with E-state index in [1.165, 1.54) is 24.3 Å². The number of nitrogens with one attached hydrogen (secondary N) is 1. The molecule has 1 aliphatic rings. The van der Waals surface area contributed by atoms with Gasteiger partial charge in [0.2, 0.25) is 0 Å². The number of ether oxygens (including phenoxy) is 1. The van der Waals surface area contributed by atoms with Crippen molar-refractivity contribution >= 4 is 17.6 Å². The van der Waals surface area contributed by atoms with Crippen LogP contribution < -0.4 is 15.8 Å². The molecule has 0 saturated carbocycles. The molecule has 0 aromatic heterocycles. The number of hydrogen-bond acceptors (Lipinski definition) is 5. The fraction of sp³-hybridized carbons (Fsp3) is 0.533. The number of amidine groups is 1. The molecule has 1 aromatic carbocycles. The minimum atomic E-state index is 0.114. The predicted molar refractivity (Wildman–Crippen MR) is 87.3 cm³/mol. The van der Waals surface area contributed by atoms with Gasteiger partial charge in [-0.3, -0.25) is 0 Å². The summed E-state index contributed by atoms with van der Waals surface area (Å²) >= 11 is 2.04. The van der Waals surface area contributed by atoms with Gasteiger partial charge in [0.1, 0.15) is 5.75 Å². The molecule has 0 radical (unpaired) electrons. The number of hydrogen-bond donors (Lipinski definition) is 3. The lowest BCUT2D eigenvalue weighted by atomic mass is 10.0. The topological polar surface area (TPSA) is 79.9 Å². The lowest BCUT2D eigenvalue weighted by molar-refractivity contribution is 0.318. The number of nitrogens with two attached hydrogens (primary N) is 1.